The number of nitrogens with one attached hydrogen (secondary N) is 3. The molecule has 0 aliphatic rings. The van der Waals surface area contributed by atoms with Gasteiger partial charge in [-0.2, -0.15) is 0 Å². The van der Waals surface area contributed by atoms with Crippen LogP contribution in [0.3, 0.4) is 0 Å². The zero-order chi connectivity index (χ0) is 35.5. The van der Waals surface area contributed by atoms with Crippen LogP contribution in [-0.4, -0.2) is 44.2 Å². The lowest BCUT2D eigenvalue weighted by Crippen LogP contribution is -2.30. The number of carbonyl (C=O) groups is 3. The molecular formula is C39H35N3O7S. The van der Waals surface area contributed by atoms with Crippen LogP contribution in [0.5, 0.6) is 23.0 Å². The first-order valence-corrected chi connectivity index (χ1v) is 16.3. The van der Waals surface area contributed by atoms with Crippen LogP contribution in [0.25, 0.3) is 6.08 Å². The SMILES string of the molecule is COc1ccc(OC)c(NC(=O)C(Sc2cccc(NC(=O)/C(=C\c3ccc(O)cc3OC)NC(=O)c3ccccc3)c2)c2ccccc2)c1. The van der Waals surface area contributed by atoms with Gasteiger partial charge in [-0.05, 0) is 66.2 Å². The summed E-state index contributed by atoms with van der Waals surface area (Å²) < 4.78 is 16.2. The molecular weight excluding hydrogens is 655 g/mol. The normalized spacial score (nSPS) is 11.5. The van der Waals surface area contributed by atoms with E-state index in [1.807, 2.05) is 36.4 Å². The first-order chi connectivity index (χ1) is 24.3. The maximum atomic E-state index is 13.8. The van der Waals surface area contributed by atoms with E-state index in [-0.39, 0.29) is 17.4 Å². The van der Waals surface area contributed by atoms with Crippen molar-refractivity contribution >= 4 is 46.9 Å². The van der Waals surface area contributed by atoms with Crippen molar-refractivity contribution in [3.63, 3.8) is 0 Å². The second-order valence-electron chi connectivity index (χ2n) is 10.8. The minimum atomic E-state index is -0.680. The Morgan fingerprint density at radius 3 is 2.14 bits per heavy atom. The van der Waals surface area contributed by atoms with Crippen LogP contribution in [0, 0.1) is 0 Å². The first kappa shape index (κ1) is 35.1. The summed E-state index contributed by atoms with van der Waals surface area (Å²) in [5.74, 6) is -0.0527. The molecule has 0 aliphatic carbocycles. The average molecular weight is 690 g/mol. The quantitative estimate of drug-likeness (QED) is 0.0748. The van der Waals surface area contributed by atoms with Gasteiger partial charge >= 0.3 is 0 Å². The van der Waals surface area contributed by atoms with E-state index in [2.05, 4.69) is 16.0 Å². The minimum Gasteiger partial charge on any atom is -0.508 e. The summed E-state index contributed by atoms with van der Waals surface area (Å²) in [5.41, 5.74) is 2.41. The molecule has 10 nitrogen and oxygen atoms in total. The van der Waals surface area contributed by atoms with Gasteiger partial charge in [0.1, 0.15) is 33.9 Å². The molecule has 0 aliphatic heterocycles. The van der Waals surface area contributed by atoms with Crippen LogP contribution in [-0.2, 0) is 9.59 Å². The number of anilines is 2. The Bertz CT molecular complexity index is 2000. The van der Waals surface area contributed by atoms with E-state index in [0.29, 0.717) is 44.6 Å². The molecule has 0 heterocycles. The van der Waals surface area contributed by atoms with Crippen LogP contribution in [0.4, 0.5) is 11.4 Å². The van der Waals surface area contributed by atoms with Gasteiger partial charge < -0.3 is 35.3 Å². The molecule has 11 heteroatoms. The number of carbonyl (C=O) groups excluding carboxylic acids is 3. The molecule has 1 atom stereocenters. The van der Waals surface area contributed by atoms with Crippen molar-refractivity contribution < 1.29 is 33.7 Å². The third-order valence-electron chi connectivity index (χ3n) is 7.40. The molecule has 3 amide bonds. The summed E-state index contributed by atoms with van der Waals surface area (Å²) in [6.07, 6.45) is 1.47. The fourth-order valence-corrected chi connectivity index (χ4v) is 5.99. The van der Waals surface area contributed by atoms with Crippen LogP contribution < -0.4 is 30.2 Å². The van der Waals surface area contributed by atoms with E-state index < -0.39 is 17.1 Å². The Morgan fingerprint density at radius 2 is 1.44 bits per heavy atom. The Labute approximate surface area is 294 Å². The van der Waals surface area contributed by atoms with E-state index in [0.717, 1.165) is 5.56 Å². The summed E-state index contributed by atoms with van der Waals surface area (Å²) in [7, 11) is 4.51. The van der Waals surface area contributed by atoms with Crippen LogP contribution >= 0.6 is 11.8 Å². The number of phenols is 1. The van der Waals surface area contributed by atoms with Gasteiger partial charge in [0.25, 0.3) is 11.8 Å². The lowest BCUT2D eigenvalue weighted by molar-refractivity contribution is -0.116. The van der Waals surface area contributed by atoms with Gasteiger partial charge in [0.15, 0.2) is 0 Å². The third-order valence-corrected chi connectivity index (χ3v) is 8.64. The van der Waals surface area contributed by atoms with Crippen molar-refractivity contribution in [1.29, 1.82) is 0 Å². The molecule has 254 valence electrons. The number of benzene rings is 5. The number of hydrogen-bond donors (Lipinski definition) is 4. The number of amides is 3. The molecule has 0 radical (unpaired) electrons. The fourth-order valence-electron chi connectivity index (χ4n) is 4.91. The van der Waals surface area contributed by atoms with E-state index in [4.69, 9.17) is 14.2 Å². The molecule has 0 bridgehead atoms. The predicted molar refractivity (Wildman–Crippen MR) is 195 cm³/mol. The number of thioether (sulfide) groups is 1. The molecule has 0 saturated carbocycles. The topological polar surface area (TPSA) is 135 Å². The van der Waals surface area contributed by atoms with E-state index in [1.165, 1.54) is 44.2 Å². The van der Waals surface area contributed by atoms with Crippen LogP contribution in [0.15, 0.2) is 132 Å². The van der Waals surface area contributed by atoms with Crippen LogP contribution in [0.1, 0.15) is 26.7 Å². The lowest BCUT2D eigenvalue weighted by atomic mass is 10.1. The lowest BCUT2D eigenvalue weighted by Gasteiger charge is -2.19. The van der Waals surface area contributed by atoms with Crippen molar-refractivity contribution in [1.82, 2.24) is 5.32 Å². The van der Waals surface area contributed by atoms with Gasteiger partial charge in [0.05, 0.1) is 27.0 Å². The molecule has 0 fully saturated rings. The molecule has 4 N–H and O–H groups in total. The molecule has 5 aromatic carbocycles. The Hall–Kier alpha value is -6.20. The van der Waals surface area contributed by atoms with Crippen LogP contribution in [0.2, 0.25) is 0 Å². The minimum absolute atomic E-state index is 0.0160. The maximum Gasteiger partial charge on any atom is 0.272 e. The molecule has 0 saturated heterocycles. The summed E-state index contributed by atoms with van der Waals surface area (Å²) in [4.78, 5) is 41.4. The maximum absolute atomic E-state index is 13.8. The van der Waals surface area contributed by atoms with Crippen molar-refractivity contribution in [3.05, 3.63) is 144 Å². The van der Waals surface area contributed by atoms with Gasteiger partial charge in [-0.1, -0.05) is 54.6 Å². The Balaban J connectivity index is 1.41. The highest BCUT2D eigenvalue weighted by atomic mass is 32.2. The van der Waals surface area contributed by atoms with Gasteiger partial charge in [0, 0.05) is 33.8 Å². The van der Waals surface area contributed by atoms with Gasteiger partial charge in [0.2, 0.25) is 5.91 Å². The number of methoxy groups -OCH3 is 3. The summed E-state index contributed by atoms with van der Waals surface area (Å²) in [5, 5.41) is 17.8. The number of ether oxygens (including phenoxy) is 3. The van der Waals surface area contributed by atoms with Gasteiger partial charge in [-0.3, -0.25) is 14.4 Å². The molecule has 0 aromatic heterocycles. The second kappa shape index (κ2) is 16.8. The first-order valence-electron chi connectivity index (χ1n) is 15.4. The number of phenolic OH excluding ortho intramolecular Hbond substituents is 1. The van der Waals surface area contributed by atoms with E-state index in [1.54, 1.807) is 79.9 Å². The van der Waals surface area contributed by atoms with Crippen molar-refractivity contribution in [3.8, 4) is 23.0 Å². The summed E-state index contributed by atoms with van der Waals surface area (Å²) in [6, 6.07) is 34.5. The Morgan fingerprint density at radius 1 is 0.720 bits per heavy atom. The molecule has 50 heavy (non-hydrogen) atoms. The average Bonchev–Trinajstić information content (AvgIpc) is 3.14. The fraction of sp³-hybridized carbons (Fsp3) is 0.103. The van der Waals surface area contributed by atoms with E-state index in [9.17, 15) is 19.5 Å². The second-order valence-corrected chi connectivity index (χ2v) is 11.9. The highest BCUT2D eigenvalue weighted by molar-refractivity contribution is 8.00. The highest BCUT2D eigenvalue weighted by Crippen LogP contribution is 2.38. The van der Waals surface area contributed by atoms with Crippen molar-refractivity contribution in [2.24, 2.45) is 0 Å². The highest BCUT2D eigenvalue weighted by Gasteiger charge is 2.24. The molecule has 5 rings (SSSR count). The third kappa shape index (κ3) is 9.03. The standard InChI is InChI=1S/C39H35N3O7S/c1-47-30-19-20-34(48-2)32(24-30)41-39(46)36(25-11-6-4-7-12-25)50-31-16-10-15-28(22-31)40-38(45)33(42-37(44)26-13-8-5-9-14-26)21-27-17-18-29(43)23-35(27)49-3/h4-24,36,43H,1-3H3,(H,40,45)(H,41,46)(H,42,44)/b33-21+. The molecule has 1 unspecified atom stereocenters. The number of aromatic hydroxyl groups is 1. The zero-order valence-corrected chi connectivity index (χ0v) is 28.3. The number of rotatable bonds is 13. The molecule has 5 aromatic rings. The monoisotopic (exact) mass is 689 g/mol. The smallest absolute Gasteiger partial charge is 0.272 e. The van der Waals surface area contributed by atoms with E-state index >= 15 is 0 Å². The summed E-state index contributed by atoms with van der Waals surface area (Å²) in [6.45, 7) is 0. The number of hydrogen-bond acceptors (Lipinski definition) is 8. The van der Waals surface area contributed by atoms with Crippen molar-refractivity contribution in [2.45, 2.75) is 10.1 Å². The predicted octanol–water partition coefficient (Wildman–Crippen LogP) is 7.30. The van der Waals surface area contributed by atoms with Gasteiger partial charge in [-0.15, -0.1) is 11.8 Å². The Kier molecular flexibility index (Phi) is 11.8. The van der Waals surface area contributed by atoms with Gasteiger partial charge in [-0.25, -0.2) is 0 Å². The zero-order valence-electron chi connectivity index (χ0n) is 27.5. The largest absolute Gasteiger partial charge is 0.508 e. The van der Waals surface area contributed by atoms with Crippen molar-refractivity contribution in [2.75, 3.05) is 32.0 Å². The molecule has 0 spiro atoms. The summed E-state index contributed by atoms with van der Waals surface area (Å²) >= 11 is 1.30.